The minimum Gasteiger partial charge on any atom is -0.381 e. The van der Waals surface area contributed by atoms with Crippen LogP contribution in [0.5, 0.6) is 0 Å². The number of rotatable bonds is 4. The van der Waals surface area contributed by atoms with E-state index in [0.717, 1.165) is 25.2 Å². The molecule has 0 radical (unpaired) electrons. The molecule has 0 aromatic carbocycles. The van der Waals surface area contributed by atoms with Crippen LogP contribution in [0.25, 0.3) is 0 Å². The lowest BCUT2D eigenvalue weighted by atomic mass is 9.69. The molecule has 2 aliphatic rings. The van der Waals surface area contributed by atoms with Crippen molar-refractivity contribution < 1.29 is 4.74 Å². The monoisotopic (exact) mass is 268 g/mol. The Bertz CT molecular complexity index is 274. The fraction of sp³-hybridized carbons (Fsp3) is 1.00. The lowest BCUT2D eigenvalue weighted by molar-refractivity contribution is 0.0269. The van der Waals surface area contributed by atoms with Gasteiger partial charge in [-0.1, -0.05) is 13.8 Å². The summed E-state index contributed by atoms with van der Waals surface area (Å²) in [6.45, 7) is 7.99. The summed E-state index contributed by atoms with van der Waals surface area (Å²) in [5.74, 6) is 0.793. The molecule has 0 aromatic heterocycles. The highest BCUT2D eigenvalue weighted by Gasteiger charge is 2.35. The van der Waals surface area contributed by atoms with Crippen molar-refractivity contribution in [3.05, 3.63) is 0 Å². The maximum atomic E-state index is 5.48. The summed E-state index contributed by atoms with van der Waals surface area (Å²) < 4.78 is 5.48. The Hall–Kier alpha value is -0.120. The van der Waals surface area contributed by atoms with Gasteiger partial charge in [0.1, 0.15) is 0 Å². The average Bonchev–Trinajstić information content (AvgIpc) is 2.39. The molecule has 1 saturated carbocycles. The Morgan fingerprint density at radius 3 is 2.53 bits per heavy atom. The third kappa shape index (κ3) is 4.17. The van der Waals surface area contributed by atoms with Crippen LogP contribution in [-0.4, -0.2) is 50.8 Å². The van der Waals surface area contributed by atoms with Gasteiger partial charge in [-0.05, 0) is 57.5 Å². The van der Waals surface area contributed by atoms with Crippen LogP contribution >= 0.6 is 0 Å². The standard InChI is InChI=1S/C16H32N2O/c1-16(2)8-5-15(17-3)13(11-16)12-18(4)14-6-9-19-10-7-14/h13-15,17H,5-12H2,1-4H3. The molecule has 2 atom stereocenters. The molecule has 3 heteroatoms. The molecule has 19 heavy (non-hydrogen) atoms. The van der Waals surface area contributed by atoms with Crippen LogP contribution in [0.15, 0.2) is 0 Å². The van der Waals surface area contributed by atoms with Crippen LogP contribution in [0.1, 0.15) is 46.0 Å². The summed E-state index contributed by atoms with van der Waals surface area (Å²) in [4.78, 5) is 2.60. The molecule has 2 unspecified atom stereocenters. The second-order valence-corrected chi connectivity index (χ2v) is 7.35. The maximum absolute atomic E-state index is 5.48. The van der Waals surface area contributed by atoms with Crippen molar-refractivity contribution in [3.63, 3.8) is 0 Å². The quantitative estimate of drug-likeness (QED) is 0.848. The molecule has 1 N–H and O–H groups in total. The van der Waals surface area contributed by atoms with Crippen molar-refractivity contribution in [2.24, 2.45) is 11.3 Å². The third-order valence-electron chi connectivity index (χ3n) is 5.22. The second-order valence-electron chi connectivity index (χ2n) is 7.35. The zero-order chi connectivity index (χ0) is 13.9. The highest BCUT2D eigenvalue weighted by atomic mass is 16.5. The maximum Gasteiger partial charge on any atom is 0.0480 e. The lowest BCUT2D eigenvalue weighted by Crippen LogP contribution is -2.48. The van der Waals surface area contributed by atoms with E-state index >= 15 is 0 Å². The van der Waals surface area contributed by atoms with Gasteiger partial charge in [0.05, 0.1) is 0 Å². The molecule has 0 bridgehead atoms. The van der Waals surface area contributed by atoms with Crippen LogP contribution in [0.3, 0.4) is 0 Å². The normalized spacial score (nSPS) is 32.7. The number of nitrogens with one attached hydrogen (secondary N) is 1. The van der Waals surface area contributed by atoms with Gasteiger partial charge in [-0.3, -0.25) is 0 Å². The SMILES string of the molecule is CNC1CCC(C)(C)CC1CN(C)C1CCOCC1. The minimum absolute atomic E-state index is 0.522. The van der Waals surface area contributed by atoms with E-state index in [4.69, 9.17) is 4.74 Å². The molecule has 1 saturated heterocycles. The Morgan fingerprint density at radius 1 is 1.21 bits per heavy atom. The summed E-state index contributed by atoms with van der Waals surface area (Å²) in [6, 6.07) is 1.44. The number of hydrogen-bond acceptors (Lipinski definition) is 3. The molecule has 1 heterocycles. The first kappa shape index (κ1) is 15.3. The Morgan fingerprint density at radius 2 is 1.89 bits per heavy atom. The van der Waals surface area contributed by atoms with E-state index < -0.39 is 0 Å². The summed E-state index contributed by atoms with van der Waals surface area (Å²) in [5.41, 5.74) is 0.522. The summed E-state index contributed by atoms with van der Waals surface area (Å²) in [5, 5.41) is 3.55. The van der Waals surface area contributed by atoms with Gasteiger partial charge in [-0.2, -0.15) is 0 Å². The molecule has 1 aliphatic carbocycles. The number of ether oxygens (including phenoxy) is 1. The van der Waals surface area contributed by atoms with Gasteiger partial charge >= 0.3 is 0 Å². The molecule has 2 fully saturated rings. The minimum atomic E-state index is 0.522. The van der Waals surface area contributed by atoms with E-state index in [1.165, 1.54) is 38.6 Å². The Labute approximate surface area is 119 Å². The fourth-order valence-electron chi connectivity index (χ4n) is 3.95. The zero-order valence-electron chi connectivity index (χ0n) is 13.2. The zero-order valence-corrected chi connectivity index (χ0v) is 13.2. The number of nitrogens with zero attached hydrogens (tertiary/aromatic N) is 1. The molecule has 3 nitrogen and oxygen atoms in total. The highest BCUT2D eigenvalue weighted by Crippen LogP contribution is 2.39. The molecular weight excluding hydrogens is 236 g/mol. The van der Waals surface area contributed by atoms with E-state index in [1.807, 2.05) is 0 Å². The van der Waals surface area contributed by atoms with E-state index in [9.17, 15) is 0 Å². The van der Waals surface area contributed by atoms with Gasteiger partial charge in [0.15, 0.2) is 0 Å². The molecular formula is C16H32N2O. The van der Waals surface area contributed by atoms with Crippen LogP contribution < -0.4 is 5.32 Å². The summed E-state index contributed by atoms with van der Waals surface area (Å²) in [7, 11) is 4.44. The van der Waals surface area contributed by atoms with Gasteiger partial charge in [-0.15, -0.1) is 0 Å². The Kier molecular flexibility index (Phi) is 5.27. The predicted molar refractivity (Wildman–Crippen MR) is 80.4 cm³/mol. The van der Waals surface area contributed by atoms with Gasteiger partial charge in [-0.25, -0.2) is 0 Å². The van der Waals surface area contributed by atoms with Gasteiger partial charge in [0, 0.05) is 31.8 Å². The predicted octanol–water partition coefficient (Wildman–Crippen LogP) is 2.51. The van der Waals surface area contributed by atoms with Crippen LogP contribution in [0, 0.1) is 11.3 Å². The van der Waals surface area contributed by atoms with Crippen molar-refractivity contribution in [2.75, 3.05) is 33.9 Å². The van der Waals surface area contributed by atoms with Crippen molar-refractivity contribution >= 4 is 0 Å². The molecule has 0 aromatic rings. The lowest BCUT2D eigenvalue weighted by Gasteiger charge is -2.43. The van der Waals surface area contributed by atoms with Crippen LogP contribution in [0.2, 0.25) is 0 Å². The van der Waals surface area contributed by atoms with Crippen molar-refractivity contribution in [2.45, 2.75) is 58.0 Å². The molecule has 0 amide bonds. The van der Waals surface area contributed by atoms with Crippen molar-refractivity contribution in [3.8, 4) is 0 Å². The topological polar surface area (TPSA) is 24.5 Å². The fourth-order valence-corrected chi connectivity index (χ4v) is 3.95. The van der Waals surface area contributed by atoms with Crippen LogP contribution in [-0.2, 0) is 4.74 Å². The first-order valence-corrected chi connectivity index (χ1v) is 7.97. The van der Waals surface area contributed by atoms with Crippen LogP contribution in [0.4, 0.5) is 0 Å². The smallest absolute Gasteiger partial charge is 0.0480 e. The van der Waals surface area contributed by atoms with Gasteiger partial charge < -0.3 is 15.0 Å². The van der Waals surface area contributed by atoms with Gasteiger partial charge in [0.2, 0.25) is 0 Å². The summed E-state index contributed by atoms with van der Waals surface area (Å²) >= 11 is 0. The largest absolute Gasteiger partial charge is 0.381 e. The van der Waals surface area contributed by atoms with Crippen molar-refractivity contribution in [1.29, 1.82) is 0 Å². The average molecular weight is 268 g/mol. The summed E-state index contributed by atoms with van der Waals surface area (Å²) in [6.07, 6.45) is 6.45. The van der Waals surface area contributed by atoms with Crippen molar-refractivity contribution in [1.82, 2.24) is 10.2 Å². The highest BCUT2D eigenvalue weighted by molar-refractivity contribution is 4.90. The molecule has 1 aliphatic heterocycles. The first-order valence-electron chi connectivity index (χ1n) is 7.97. The second kappa shape index (κ2) is 6.55. The number of hydrogen-bond donors (Lipinski definition) is 1. The Balaban J connectivity index is 1.90. The third-order valence-corrected chi connectivity index (χ3v) is 5.22. The molecule has 0 spiro atoms. The van der Waals surface area contributed by atoms with E-state index in [2.05, 4.69) is 38.2 Å². The molecule has 112 valence electrons. The van der Waals surface area contributed by atoms with E-state index in [1.54, 1.807) is 0 Å². The van der Waals surface area contributed by atoms with Gasteiger partial charge in [0.25, 0.3) is 0 Å². The molecule has 2 rings (SSSR count). The first-order chi connectivity index (χ1) is 9.02. The van der Waals surface area contributed by atoms with E-state index in [0.29, 0.717) is 11.5 Å². The van der Waals surface area contributed by atoms with E-state index in [-0.39, 0.29) is 0 Å².